The summed E-state index contributed by atoms with van der Waals surface area (Å²) in [6.07, 6.45) is 0. The predicted molar refractivity (Wildman–Crippen MR) is 113 cm³/mol. The van der Waals surface area contributed by atoms with Crippen LogP contribution in [0.25, 0.3) is 10.2 Å². The van der Waals surface area contributed by atoms with Crippen molar-refractivity contribution in [2.24, 2.45) is 0 Å². The number of anilines is 1. The Morgan fingerprint density at radius 2 is 1.85 bits per heavy atom. The van der Waals surface area contributed by atoms with Crippen molar-refractivity contribution >= 4 is 50.8 Å². The average Bonchev–Trinajstić information content (AvgIpc) is 3.10. The minimum Gasteiger partial charge on any atom is -0.343 e. The highest BCUT2D eigenvalue weighted by molar-refractivity contribution is 8.01. The SMILES string of the molecule is CCN(CC)C(=O)CSc1nc2ccc(NC(=O)c3ccccc3)cc2s1. The zero-order valence-electron chi connectivity index (χ0n) is 15.3. The van der Waals surface area contributed by atoms with E-state index in [9.17, 15) is 9.59 Å². The van der Waals surface area contributed by atoms with E-state index >= 15 is 0 Å². The van der Waals surface area contributed by atoms with Crippen LogP contribution in [-0.4, -0.2) is 40.5 Å². The van der Waals surface area contributed by atoms with E-state index < -0.39 is 0 Å². The quantitative estimate of drug-likeness (QED) is 0.594. The van der Waals surface area contributed by atoms with Gasteiger partial charge in [-0.05, 0) is 44.2 Å². The molecule has 0 aliphatic rings. The maximum Gasteiger partial charge on any atom is 0.255 e. The van der Waals surface area contributed by atoms with E-state index in [1.807, 2.05) is 55.1 Å². The van der Waals surface area contributed by atoms with Crippen LogP contribution in [0, 0.1) is 0 Å². The summed E-state index contributed by atoms with van der Waals surface area (Å²) in [5.74, 6) is 0.373. The van der Waals surface area contributed by atoms with Crippen LogP contribution in [-0.2, 0) is 4.79 Å². The summed E-state index contributed by atoms with van der Waals surface area (Å²) in [5, 5.41) is 2.91. The number of nitrogens with zero attached hydrogens (tertiary/aromatic N) is 2. The van der Waals surface area contributed by atoms with Crippen molar-refractivity contribution in [1.82, 2.24) is 9.88 Å². The van der Waals surface area contributed by atoms with Gasteiger partial charge in [-0.3, -0.25) is 9.59 Å². The molecule has 5 nitrogen and oxygen atoms in total. The molecular formula is C20H21N3O2S2. The van der Waals surface area contributed by atoms with Gasteiger partial charge in [0.2, 0.25) is 5.91 Å². The lowest BCUT2D eigenvalue weighted by Gasteiger charge is -2.17. The number of benzene rings is 2. The van der Waals surface area contributed by atoms with Gasteiger partial charge in [0.1, 0.15) is 0 Å². The molecule has 140 valence electrons. The van der Waals surface area contributed by atoms with E-state index in [2.05, 4.69) is 10.3 Å². The molecular weight excluding hydrogens is 378 g/mol. The molecule has 3 rings (SSSR count). The van der Waals surface area contributed by atoms with Gasteiger partial charge in [-0.2, -0.15) is 0 Å². The maximum atomic E-state index is 12.3. The lowest BCUT2D eigenvalue weighted by Crippen LogP contribution is -2.31. The van der Waals surface area contributed by atoms with Crippen LogP contribution in [0.3, 0.4) is 0 Å². The third kappa shape index (κ3) is 4.87. The van der Waals surface area contributed by atoms with Gasteiger partial charge >= 0.3 is 0 Å². The van der Waals surface area contributed by atoms with Crippen LogP contribution in [0.4, 0.5) is 5.69 Å². The number of rotatable bonds is 7. The van der Waals surface area contributed by atoms with Gasteiger partial charge in [-0.25, -0.2) is 4.98 Å². The number of nitrogens with one attached hydrogen (secondary N) is 1. The second kappa shape index (κ2) is 9.01. The predicted octanol–water partition coefficient (Wildman–Crippen LogP) is 4.51. The largest absolute Gasteiger partial charge is 0.343 e. The number of carbonyl (C=O) groups is 2. The molecule has 0 spiro atoms. The molecule has 1 heterocycles. The number of aromatic nitrogens is 1. The fraction of sp³-hybridized carbons (Fsp3) is 0.250. The summed E-state index contributed by atoms with van der Waals surface area (Å²) in [6, 6.07) is 14.8. The first-order valence-electron chi connectivity index (χ1n) is 8.78. The average molecular weight is 400 g/mol. The molecule has 0 saturated heterocycles. The smallest absolute Gasteiger partial charge is 0.255 e. The number of fused-ring (bicyclic) bond motifs is 1. The molecule has 7 heteroatoms. The number of carbonyl (C=O) groups excluding carboxylic acids is 2. The van der Waals surface area contributed by atoms with Gasteiger partial charge in [0.05, 0.1) is 16.0 Å². The summed E-state index contributed by atoms with van der Waals surface area (Å²) < 4.78 is 1.84. The van der Waals surface area contributed by atoms with Gasteiger partial charge in [-0.1, -0.05) is 30.0 Å². The van der Waals surface area contributed by atoms with Crippen molar-refractivity contribution in [3.63, 3.8) is 0 Å². The summed E-state index contributed by atoms with van der Waals surface area (Å²) in [4.78, 5) is 30.8. The second-order valence-electron chi connectivity index (χ2n) is 5.84. The van der Waals surface area contributed by atoms with Crippen LogP contribution < -0.4 is 5.32 Å². The van der Waals surface area contributed by atoms with Crippen molar-refractivity contribution in [3.8, 4) is 0 Å². The third-order valence-corrected chi connectivity index (χ3v) is 6.24. The molecule has 3 aromatic rings. The van der Waals surface area contributed by atoms with E-state index in [0.717, 1.165) is 33.3 Å². The monoisotopic (exact) mass is 399 g/mol. The van der Waals surface area contributed by atoms with Crippen LogP contribution in [0.1, 0.15) is 24.2 Å². The van der Waals surface area contributed by atoms with Crippen molar-refractivity contribution in [3.05, 3.63) is 54.1 Å². The molecule has 0 saturated carbocycles. The molecule has 0 radical (unpaired) electrons. The first-order valence-corrected chi connectivity index (χ1v) is 10.6. The molecule has 0 fully saturated rings. The van der Waals surface area contributed by atoms with Crippen LogP contribution in [0.2, 0.25) is 0 Å². The number of hydrogen-bond donors (Lipinski definition) is 1. The highest BCUT2D eigenvalue weighted by Crippen LogP contribution is 2.31. The normalized spacial score (nSPS) is 10.7. The lowest BCUT2D eigenvalue weighted by atomic mass is 10.2. The van der Waals surface area contributed by atoms with Crippen LogP contribution in [0.5, 0.6) is 0 Å². The molecule has 27 heavy (non-hydrogen) atoms. The summed E-state index contributed by atoms with van der Waals surface area (Å²) >= 11 is 2.99. The first kappa shape index (κ1) is 19.4. The Morgan fingerprint density at radius 1 is 1.11 bits per heavy atom. The topological polar surface area (TPSA) is 62.3 Å². The number of amides is 2. The molecule has 2 aromatic carbocycles. The van der Waals surface area contributed by atoms with Gasteiger partial charge < -0.3 is 10.2 Å². The van der Waals surface area contributed by atoms with Crippen molar-refractivity contribution < 1.29 is 9.59 Å². The van der Waals surface area contributed by atoms with Crippen molar-refractivity contribution in [1.29, 1.82) is 0 Å². The summed E-state index contributed by atoms with van der Waals surface area (Å²) in [6.45, 7) is 5.41. The van der Waals surface area contributed by atoms with Gasteiger partial charge in [-0.15, -0.1) is 11.3 Å². The van der Waals surface area contributed by atoms with Crippen LogP contribution >= 0.6 is 23.1 Å². The Morgan fingerprint density at radius 3 is 2.56 bits per heavy atom. The van der Waals surface area contributed by atoms with E-state index in [1.165, 1.54) is 23.1 Å². The molecule has 1 N–H and O–H groups in total. The van der Waals surface area contributed by atoms with E-state index in [0.29, 0.717) is 11.3 Å². The van der Waals surface area contributed by atoms with Gasteiger partial charge in [0, 0.05) is 24.3 Å². The third-order valence-electron chi connectivity index (χ3n) is 4.10. The fourth-order valence-corrected chi connectivity index (χ4v) is 4.64. The molecule has 0 aliphatic heterocycles. The number of thioether (sulfide) groups is 1. The van der Waals surface area contributed by atoms with E-state index in [-0.39, 0.29) is 11.8 Å². The summed E-state index contributed by atoms with van der Waals surface area (Å²) in [7, 11) is 0. The Balaban J connectivity index is 1.68. The highest BCUT2D eigenvalue weighted by atomic mass is 32.2. The second-order valence-corrected chi connectivity index (χ2v) is 8.09. The van der Waals surface area contributed by atoms with E-state index in [4.69, 9.17) is 0 Å². The van der Waals surface area contributed by atoms with Gasteiger partial charge in [0.25, 0.3) is 5.91 Å². The molecule has 1 aromatic heterocycles. The zero-order chi connectivity index (χ0) is 19.2. The van der Waals surface area contributed by atoms with Crippen LogP contribution in [0.15, 0.2) is 52.9 Å². The zero-order valence-corrected chi connectivity index (χ0v) is 16.9. The molecule has 0 bridgehead atoms. The Kier molecular flexibility index (Phi) is 6.47. The highest BCUT2D eigenvalue weighted by Gasteiger charge is 2.13. The number of thiazole rings is 1. The van der Waals surface area contributed by atoms with Crippen molar-refractivity contribution in [2.75, 3.05) is 24.2 Å². The molecule has 0 atom stereocenters. The minimum absolute atomic E-state index is 0.125. The lowest BCUT2D eigenvalue weighted by molar-refractivity contribution is -0.127. The number of hydrogen-bond acceptors (Lipinski definition) is 5. The molecule has 0 aliphatic carbocycles. The standard InChI is InChI=1S/C20H21N3O2S2/c1-3-23(4-2)18(24)13-26-20-22-16-11-10-15(12-17(16)27-20)21-19(25)14-8-6-5-7-9-14/h5-12H,3-4,13H2,1-2H3,(H,21,25). The van der Waals surface area contributed by atoms with Gasteiger partial charge in [0.15, 0.2) is 4.34 Å². The maximum absolute atomic E-state index is 12.3. The van der Waals surface area contributed by atoms with Crippen molar-refractivity contribution in [2.45, 2.75) is 18.2 Å². The Labute approximate surface area is 166 Å². The Hall–Kier alpha value is -2.38. The molecule has 0 unspecified atom stereocenters. The molecule has 2 amide bonds. The minimum atomic E-state index is -0.140. The summed E-state index contributed by atoms with van der Waals surface area (Å²) in [5.41, 5.74) is 2.22. The first-order chi connectivity index (χ1) is 13.1. The Bertz CT molecular complexity index is 937. The van der Waals surface area contributed by atoms with E-state index in [1.54, 1.807) is 12.1 Å². The fourth-order valence-electron chi connectivity index (χ4n) is 2.63.